The number of halogens is 1. The maximum Gasteiger partial charge on any atom is 0.244 e. The summed E-state index contributed by atoms with van der Waals surface area (Å²) < 4.78 is 14.5. The number of nitrogens with one attached hydrogen (secondary N) is 1. The highest BCUT2D eigenvalue weighted by Gasteiger charge is 2.28. The SMILES string of the molecule is CN/C(=N/C(C)=O)c1cc(F)c(C2CC2)cc1CCc1ccccn1. The zero-order valence-electron chi connectivity index (χ0n) is 14.6. The molecule has 1 amide bonds. The number of pyridine rings is 1. The van der Waals surface area contributed by atoms with Crippen molar-refractivity contribution in [2.45, 2.75) is 38.5 Å². The van der Waals surface area contributed by atoms with Crippen LogP contribution in [0.4, 0.5) is 4.39 Å². The number of rotatable bonds is 5. The molecule has 0 unspecified atom stereocenters. The van der Waals surface area contributed by atoms with Crippen LogP contribution in [-0.4, -0.2) is 23.8 Å². The topological polar surface area (TPSA) is 54.4 Å². The van der Waals surface area contributed by atoms with E-state index in [2.05, 4.69) is 15.3 Å². The lowest BCUT2D eigenvalue weighted by molar-refractivity contribution is -0.115. The lowest BCUT2D eigenvalue weighted by atomic mass is 9.96. The van der Waals surface area contributed by atoms with Gasteiger partial charge in [0.1, 0.15) is 11.7 Å². The van der Waals surface area contributed by atoms with Gasteiger partial charge in [-0.05, 0) is 60.9 Å². The van der Waals surface area contributed by atoms with Crippen molar-refractivity contribution in [1.82, 2.24) is 10.3 Å². The average molecular weight is 339 g/mol. The molecule has 0 atom stereocenters. The van der Waals surface area contributed by atoms with Gasteiger partial charge in [-0.2, -0.15) is 4.99 Å². The molecule has 1 fully saturated rings. The Bertz CT molecular complexity index is 798. The van der Waals surface area contributed by atoms with Crippen molar-refractivity contribution in [2.24, 2.45) is 4.99 Å². The summed E-state index contributed by atoms with van der Waals surface area (Å²) in [6.07, 6.45) is 5.31. The number of carbonyl (C=O) groups excluding carboxylic acids is 1. The fourth-order valence-electron chi connectivity index (χ4n) is 2.99. The van der Waals surface area contributed by atoms with Crippen molar-refractivity contribution in [2.75, 3.05) is 7.05 Å². The van der Waals surface area contributed by atoms with Gasteiger partial charge in [-0.15, -0.1) is 0 Å². The lowest BCUT2D eigenvalue weighted by Gasteiger charge is -2.14. The molecule has 3 rings (SSSR count). The monoisotopic (exact) mass is 339 g/mol. The standard InChI is InChI=1S/C20H22FN3O/c1-13(25)24-20(22-2)18-12-19(21)17(14-6-7-14)11-15(18)8-9-16-5-3-4-10-23-16/h3-5,10-12,14H,6-9H2,1-2H3,(H,22,24,25). The minimum Gasteiger partial charge on any atom is -0.373 e. The minimum absolute atomic E-state index is 0.217. The van der Waals surface area contributed by atoms with Crippen LogP contribution in [0.2, 0.25) is 0 Å². The van der Waals surface area contributed by atoms with Crippen LogP contribution in [0.25, 0.3) is 0 Å². The van der Waals surface area contributed by atoms with E-state index < -0.39 is 0 Å². The first-order chi connectivity index (χ1) is 12.1. The minimum atomic E-state index is -0.313. The summed E-state index contributed by atoms with van der Waals surface area (Å²) in [4.78, 5) is 19.8. The molecule has 1 aromatic heterocycles. The highest BCUT2D eigenvalue weighted by atomic mass is 19.1. The van der Waals surface area contributed by atoms with Crippen molar-refractivity contribution >= 4 is 11.7 Å². The summed E-state index contributed by atoms with van der Waals surface area (Å²) >= 11 is 0. The molecule has 1 aliphatic carbocycles. The Morgan fingerprint density at radius 1 is 1.32 bits per heavy atom. The van der Waals surface area contributed by atoms with Crippen LogP contribution in [0.3, 0.4) is 0 Å². The molecule has 0 bridgehead atoms. The van der Waals surface area contributed by atoms with E-state index in [0.717, 1.165) is 36.1 Å². The van der Waals surface area contributed by atoms with E-state index in [1.165, 1.54) is 13.0 Å². The third-order valence-electron chi connectivity index (χ3n) is 4.38. The molecular weight excluding hydrogens is 317 g/mol. The number of amides is 1. The Labute approximate surface area is 147 Å². The van der Waals surface area contributed by atoms with Gasteiger partial charge in [0.2, 0.25) is 5.91 Å². The smallest absolute Gasteiger partial charge is 0.244 e. The fourth-order valence-corrected chi connectivity index (χ4v) is 2.99. The Hall–Kier alpha value is -2.56. The van der Waals surface area contributed by atoms with Crippen LogP contribution >= 0.6 is 0 Å². The lowest BCUT2D eigenvalue weighted by Crippen LogP contribution is -2.23. The summed E-state index contributed by atoms with van der Waals surface area (Å²) in [6, 6.07) is 9.28. The number of carbonyl (C=O) groups is 1. The molecule has 1 N–H and O–H groups in total. The zero-order chi connectivity index (χ0) is 17.8. The third-order valence-corrected chi connectivity index (χ3v) is 4.38. The molecule has 4 nitrogen and oxygen atoms in total. The van der Waals surface area contributed by atoms with E-state index in [4.69, 9.17) is 0 Å². The van der Waals surface area contributed by atoms with E-state index >= 15 is 0 Å². The van der Waals surface area contributed by atoms with Crippen LogP contribution in [0.5, 0.6) is 0 Å². The van der Waals surface area contributed by atoms with Crippen molar-refractivity contribution in [3.8, 4) is 0 Å². The predicted octanol–water partition coefficient (Wildman–Crippen LogP) is 3.40. The van der Waals surface area contributed by atoms with Gasteiger partial charge in [0.25, 0.3) is 0 Å². The predicted molar refractivity (Wildman–Crippen MR) is 96.3 cm³/mol. The summed E-state index contributed by atoms with van der Waals surface area (Å²) in [5.74, 6) is 0.201. The molecule has 1 aromatic carbocycles. The van der Waals surface area contributed by atoms with E-state index in [-0.39, 0.29) is 11.7 Å². The van der Waals surface area contributed by atoms with Gasteiger partial charge in [0, 0.05) is 31.4 Å². The number of hydrogen-bond acceptors (Lipinski definition) is 2. The number of nitrogens with zero attached hydrogens (tertiary/aromatic N) is 2. The number of aromatic nitrogens is 1. The van der Waals surface area contributed by atoms with E-state index in [1.807, 2.05) is 24.3 Å². The second kappa shape index (κ2) is 7.55. The summed E-state index contributed by atoms with van der Waals surface area (Å²) in [5.41, 5.74) is 3.40. The second-order valence-electron chi connectivity index (χ2n) is 6.36. The first-order valence-electron chi connectivity index (χ1n) is 8.58. The molecular formula is C20H22FN3O. The molecule has 130 valence electrons. The van der Waals surface area contributed by atoms with Crippen LogP contribution < -0.4 is 5.32 Å². The molecule has 1 saturated carbocycles. The average Bonchev–Trinajstić information content (AvgIpc) is 3.44. The molecule has 5 heteroatoms. The molecule has 0 aliphatic heterocycles. The molecule has 0 radical (unpaired) electrons. The number of benzene rings is 1. The number of amidine groups is 1. The van der Waals surface area contributed by atoms with Crippen LogP contribution in [0, 0.1) is 5.82 Å². The first kappa shape index (κ1) is 17.3. The van der Waals surface area contributed by atoms with Gasteiger partial charge in [-0.1, -0.05) is 12.1 Å². The van der Waals surface area contributed by atoms with Crippen molar-refractivity contribution < 1.29 is 9.18 Å². The third kappa shape index (κ3) is 4.29. The molecule has 2 aromatic rings. The van der Waals surface area contributed by atoms with Gasteiger partial charge in [0.15, 0.2) is 0 Å². The van der Waals surface area contributed by atoms with E-state index in [0.29, 0.717) is 23.7 Å². The van der Waals surface area contributed by atoms with Crippen molar-refractivity contribution in [3.05, 3.63) is 64.7 Å². The number of hydrogen-bond donors (Lipinski definition) is 1. The molecule has 0 saturated heterocycles. The highest BCUT2D eigenvalue weighted by Crippen LogP contribution is 2.42. The number of aryl methyl sites for hydroxylation is 2. The van der Waals surface area contributed by atoms with Gasteiger partial charge < -0.3 is 5.32 Å². The van der Waals surface area contributed by atoms with E-state index in [9.17, 15) is 9.18 Å². The zero-order valence-corrected chi connectivity index (χ0v) is 14.6. The van der Waals surface area contributed by atoms with Gasteiger partial charge >= 0.3 is 0 Å². The summed E-state index contributed by atoms with van der Waals surface area (Å²) in [6.45, 7) is 1.39. The van der Waals surface area contributed by atoms with Crippen LogP contribution in [-0.2, 0) is 17.6 Å². The largest absolute Gasteiger partial charge is 0.373 e. The van der Waals surface area contributed by atoms with Crippen LogP contribution in [0.15, 0.2) is 41.5 Å². The molecule has 25 heavy (non-hydrogen) atoms. The summed E-state index contributed by atoms with van der Waals surface area (Å²) in [5, 5.41) is 2.93. The maximum absolute atomic E-state index is 14.5. The Kier molecular flexibility index (Phi) is 5.22. The van der Waals surface area contributed by atoms with E-state index in [1.54, 1.807) is 13.2 Å². The molecule has 1 aliphatic rings. The fraction of sp³-hybridized carbons (Fsp3) is 0.350. The van der Waals surface area contributed by atoms with Crippen molar-refractivity contribution in [1.29, 1.82) is 0 Å². The molecule has 1 heterocycles. The van der Waals surface area contributed by atoms with Crippen LogP contribution in [0.1, 0.15) is 48.1 Å². The van der Waals surface area contributed by atoms with Crippen molar-refractivity contribution in [3.63, 3.8) is 0 Å². The first-order valence-corrected chi connectivity index (χ1v) is 8.58. The Morgan fingerprint density at radius 2 is 2.12 bits per heavy atom. The van der Waals surface area contributed by atoms with Gasteiger partial charge in [0.05, 0.1) is 0 Å². The Morgan fingerprint density at radius 3 is 2.72 bits per heavy atom. The maximum atomic E-state index is 14.5. The second-order valence-corrected chi connectivity index (χ2v) is 6.36. The quantitative estimate of drug-likeness (QED) is 0.671. The normalized spacial score (nSPS) is 14.4. The molecule has 0 spiro atoms. The Balaban J connectivity index is 1.97. The van der Waals surface area contributed by atoms with Gasteiger partial charge in [-0.25, -0.2) is 4.39 Å². The highest BCUT2D eigenvalue weighted by molar-refractivity contribution is 6.05. The van der Waals surface area contributed by atoms with Gasteiger partial charge in [-0.3, -0.25) is 9.78 Å². The number of aliphatic imine (C=N–C) groups is 1. The summed E-state index contributed by atoms with van der Waals surface area (Å²) in [7, 11) is 1.69.